The molecule has 0 saturated heterocycles. The van der Waals surface area contributed by atoms with Crippen LogP contribution in [-0.4, -0.2) is 24.3 Å². The van der Waals surface area contributed by atoms with E-state index in [2.05, 4.69) is 18.2 Å². The molecule has 26 heavy (non-hydrogen) atoms. The Hall–Kier alpha value is -2.33. The lowest BCUT2D eigenvalue weighted by Gasteiger charge is -2.35. The van der Waals surface area contributed by atoms with E-state index in [9.17, 15) is 4.79 Å². The molecule has 0 heterocycles. The Kier molecular flexibility index (Phi) is 4.93. The van der Waals surface area contributed by atoms with Gasteiger partial charge in [-0.3, -0.25) is 4.79 Å². The molecule has 0 aliphatic heterocycles. The Morgan fingerprint density at radius 1 is 0.962 bits per heavy atom. The van der Waals surface area contributed by atoms with Crippen LogP contribution in [0.15, 0.2) is 54.6 Å². The minimum Gasteiger partial charge on any atom is -0.481 e. The maximum atomic E-state index is 10.8. The molecular weight excluding hydrogens is 328 g/mol. The second-order valence-corrected chi connectivity index (χ2v) is 7.50. The Bertz CT molecular complexity index is 752. The summed E-state index contributed by atoms with van der Waals surface area (Å²) in [6.07, 6.45) is 3.03. The van der Waals surface area contributed by atoms with Gasteiger partial charge < -0.3 is 14.6 Å². The lowest BCUT2D eigenvalue weighted by atomic mass is 9.72. The topological polar surface area (TPSA) is 55.8 Å². The Morgan fingerprint density at radius 3 is 2.46 bits per heavy atom. The molecular formula is C22H24O4. The first-order valence-electron chi connectivity index (χ1n) is 9.32. The molecule has 0 aromatic heterocycles. The number of para-hydroxylation sites is 1. The molecule has 2 saturated carbocycles. The van der Waals surface area contributed by atoms with Crippen LogP contribution in [0.25, 0.3) is 0 Å². The summed E-state index contributed by atoms with van der Waals surface area (Å²) in [5.41, 5.74) is 1.32. The number of hydrogen-bond acceptors (Lipinski definition) is 3. The number of carbonyl (C=O) groups is 1. The molecule has 2 fully saturated rings. The van der Waals surface area contributed by atoms with Gasteiger partial charge in [0, 0.05) is 6.61 Å². The molecule has 0 radical (unpaired) electrons. The molecule has 2 aromatic carbocycles. The second kappa shape index (κ2) is 7.50. The smallest absolute Gasteiger partial charge is 0.306 e. The number of aliphatic carboxylic acids is 1. The molecule has 136 valence electrons. The molecule has 4 rings (SSSR count). The van der Waals surface area contributed by atoms with E-state index in [1.54, 1.807) is 0 Å². The minimum atomic E-state index is -0.681. The molecule has 4 heteroatoms. The average Bonchev–Trinajstić information content (AvgIpc) is 3.38. The van der Waals surface area contributed by atoms with Crippen LogP contribution in [0.2, 0.25) is 0 Å². The summed E-state index contributed by atoms with van der Waals surface area (Å²) in [4.78, 5) is 10.8. The number of hydrogen-bond donors (Lipinski definition) is 1. The van der Waals surface area contributed by atoms with Gasteiger partial charge in [0.15, 0.2) is 0 Å². The van der Waals surface area contributed by atoms with E-state index in [-0.39, 0.29) is 11.8 Å². The van der Waals surface area contributed by atoms with Crippen LogP contribution in [0, 0.1) is 17.8 Å². The summed E-state index contributed by atoms with van der Waals surface area (Å²) < 4.78 is 11.7. The number of ether oxygens (including phenoxy) is 2. The third-order valence-electron chi connectivity index (χ3n) is 5.47. The maximum Gasteiger partial charge on any atom is 0.306 e. The van der Waals surface area contributed by atoms with Gasteiger partial charge in [0.05, 0.1) is 12.5 Å². The Balaban J connectivity index is 1.22. The third-order valence-corrected chi connectivity index (χ3v) is 5.47. The van der Waals surface area contributed by atoms with Crippen molar-refractivity contribution in [2.75, 3.05) is 13.2 Å². The van der Waals surface area contributed by atoms with Crippen molar-refractivity contribution in [1.29, 1.82) is 0 Å². The van der Waals surface area contributed by atoms with Gasteiger partial charge in [-0.25, -0.2) is 0 Å². The van der Waals surface area contributed by atoms with E-state index in [4.69, 9.17) is 14.6 Å². The summed E-state index contributed by atoms with van der Waals surface area (Å²) >= 11 is 0. The quantitative estimate of drug-likeness (QED) is 0.747. The monoisotopic (exact) mass is 352 g/mol. The summed E-state index contributed by atoms with van der Waals surface area (Å²) in [6, 6.07) is 18.2. The Labute approximate surface area is 153 Å². The molecule has 1 N–H and O–H groups in total. The lowest BCUT2D eigenvalue weighted by Crippen LogP contribution is -2.26. The predicted molar refractivity (Wildman–Crippen MR) is 98.5 cm³/mol. The zero-order chi connectivity index (χ0) is 17.9. The molecule has 0 bridgehead atoms. The molecule has 2 aromatic rings. The summed E-state index contributed by atoms with van der Waals surface area (Å²) in [6.45, 7) is 1.35. The van der Waals surface area contributed by atoms with Crippen molar-refractivity contribution in [1.82, 2.24) is 0 Å². The van der Waals surface area contributed by atoms with Gasteiger partial charge in [-0.2, -0.15) is 0 Å². The molecule has 0 amide bonds. The van der Waals surface area contributed by atoms with E-state index in [1.165, 1.54) is 5.56 Å². The first-order valence-corrected chi connectivity index (χ1v) is 9.32. The molecule has 2 aliphatic rings. The van der Waals surface area contributed by atoms with Crippen LogP contribution in [0.3, 0.4) is 0 Å². The largest absolute Gasteiger partial charge is 0.481 e. The van der Waals surface area contributed by atoms with E-state index in [1.807, 2.05) is 36.4 Å². The van der Waals surface area contributed by atoms with E-state index in [0.717, 1.165) is 37.4 Å². The van der Waals surface area contributed by atoms with Crippen LogP contribution in [0.4, 0.5) is 0 Å². The number of carboxylic acid groups (broad SMARTS) is 1. The zero-order valence-electron chi connectivity index (χ0n) is 14.7. The van der Waals surface area contributed by atoms with Gasteiger partial charge in [0.25, 0.3) is 0 Å². The van der Waals surface area contributed by atoms with Gasteiger partial charge in [-0.05, 0) is 66.8 Å². The highest BCUT2D eigenvalue weighted by molar-refractivity contribution is 5.73. The van der Waals surface area contributed by atoms with E-state index >= 15 is 0 Å². The van der Waals surface area contributed by atoms with Crippen molar-refractivity contribution >= 4 is 5.97 Å². The molecule has 2 unspecified atom stereocenters. The fraction of sp³-hybridized carbons (Fsp3) is 0.409. The van der Waals surface area contributed by atoms with Gasteiger partial charge in [0.2, 0.25) is 0 Å². The van der Waals surface area contributed by atoms with Crippen LogP contribution >= 0.6 is 0 Å². The van der Waals surface area contributed by atoms with Crippen molar-refractivity contribution in [3.8, 4) is 11.5 Å². The number of carboxylic acids is 1. The SMILES string of the molecule is O=C(O)C1CC1COCC1CC(c2cccc(Oc3ccccc3)c2)C1. The maximum absolute atomic E-state index is 10.8. The molecule has 4 nitrogen and oxygen atoms in total. The minimum absolute atomic E-state index is 0.170. The van der Waals surface area contributed by atoms with E-state index < -0.39 is 5.97 Å². The highest BCUT2D eigenvalue weighted by Crippen LogP contribution is 2.43. The summed E-state index contributed by atoms with van der Waals surface area (Å²) in [5.74, 6) is 2.26. The van der Waals surface area contributed by atoms with Crippen molar-refractivity contribution in [3.63, 3.8) is 0 Å². The first kappa shape index (κ1) is 17.1. The first-order chi connectivity index (χ1) is 12.7. The van der Waals surface area contributed by atoms with Crippen molar-refractivity contribution in [2.45, 2.75) is 25.2 Å². The third kappa shape index (κ3) is 4.07. The second-order valence-electron chi connectivity index (χ2n) is 7.50. The van der Waals surface area contributed by atoms with Gasteiger partial charge in [-0.15, -0.1) is 0 Å². The van der Waals surface area contributed by atoms with Crippen molar-refractivity contribution < 1.29 is 19.4 Å². The Morgan fingerprint density at radius 2 is 1.73 bits per heavy atom. The highest BCUT2D eigenvalue weighted by atomic mass is 16.5. The summed E-state index contributed by atoms with van der Waals surface area (Å²) in [5, 5.41) is 8.90. The van der Waals surface area contributed by atoms with Crippen LogP contribution in [0.5, 0.6) is 11.5 Å². The zero-order valence-corrected chi connectivity index (χ0v) is 14.7. The van der Waals surface area contributed by atoms with Gasteiger partial charge in [0.1, 0.15) is 11.5 Å². The molecule has 0 spiro atoms. The molecule has 2 atom stereocenters. The summed E-state index contributed by atoms with van der Waals surface area (Å²) in [7, 11) is 0. The molecule has 2 aliphatic carbocycles. The average molecular weight is 352 g/mol. The standard InChI is InChI=1S/C22H24O4/c23-22(24)21-12-18(21)14-25-13-15-9-17(10-15)16-5-4-8-20(11-16)26-19-6-2-1-3-7-19/h1-8,11,15,17-18,21H,9-10,12-14H2,(H,23,24). The van der Waals surface area contributed by atoms with Crippen molar-refractivity contribution in [3.05, 3.63) is 60.2 Å². The van der Waals surface area contributed by atoms with Crippen LogP contribution < -0.4 is 4.74 Å². The highest BCUT2D eigenvalue weighted by Gasteiger charge is 2.43. The van der Waals surface area contributed by atoms with Crippen LogP contribution in [-0.2, 0) is 9.53 Å². The van der Waals surface area contributed by atoms with Crippen LogP contribution in [0.1, 0.15) is 30.7 Å². The fourth-order valence-electron chi connectivity index (χ4n) is 3.72. The predicted octanol–water partition coefficient (Wildman–Crippen LogP) is 4.71. The fourth-order valence-corrected chi connectivity index (χ4v) is 3.72. The van der Waals surface area contributed by atoms with Crippen molar-refractivity contribution in [2.24, 2.45) is 17.8 Å². The number of rotatable bonds is 8. The number of benzene rings is 2. The normalized spacial score (nSPS) is 26.8. The van der Waals surface area contributed by atoms with Gasteiger partial charge >= 0.3 is 5.97 Å². The van der Waals surface area contributed by atoms with Gasteiger partial charge in [-0.1, -0.05) is 30.3 Å². The van der Waals surface area contributed by atoms with E-state index in [0.29, 0.717) is 18.4 Å². The lowest BCUT2D eigenvalue weighted by molar-refractivity contribution is -0.139.